The predicted octanol–water partition coefficient (Wildman–Crippen LogP) is 5.20. The van der Waals surface area contributed by atoms with Crippen molar-refractivity contribution < 1.29 is 12.8 Å². The fourth-order valence-electron chi connectivity index (χ4n) is 2.44. The number of aromatic nitrogens is 1. The highest BCUT2D eigenvalue weighted by Gasteiger charge is 2.28. The van der Waals surface area contributed by atoms with E-state index < -0.39 is 9.84 Å². The number of sulfone groups is 1. The number of hydrogen-bond donors (Lipinski definition) is 1. The lowest BCUT2D eigenvalue weighted by Crippen LogP contribution is -2.11. The third kappa shape index (κ3) is 4.34. The van der Waals surface area contributed by atoms with E-state index in [0.29, 0.717) is 23.0 Å². The molecule has 5 nitrogen and oxygen atoms in total. The Morgan fingerprint density at radius 1 is 1.07 bits per heavy atom. The first-order chi connectivity index (χ1) is 12.8. The van der Waals surface area contributed by atoms with E-state index in [1.807, 2.05) is 45.0 Å². The summed E-state index contributed by atoms with van der Waals surface area (Å²) in [5, 5.41) is 3.41. The van der Waals surface area contributed by atoms with Crippen LogP contribution in [0.1, 0.15) is 19.4 Å². The molecule has 0 amide bonds. The molecular formula is C20H21ClN2O3S. The fourth-order valence-corrected chi connectivity index (χ4v) is 3.85. The van der Waals surface area contributed by atoms with Gasteiger partial charge in [0.2, 0.25) is 26.6 Å². The lowest BCUT2D eigenvalue weighted by molar-refractivity contribution is 0.567. The molecular weight excluding hydrogens is 384 g/mol. The zero-order chi connectivity index (χ0) is 19.6. The highest BCUT2D eigenvalue weighted by molar-refractivity contribution is 7.91. The number of hydrogen-bond acceptors (Lipinski definition) is 5. The van der Waals surface area contributed by atoms with Crippen molar-refractivity contribution in [1.82, 2.24) is 4.98 Å². The molecule has 0 radical (unpaired) electrons. The maximum Gasteiger partial charge on any atom is 0.233 e. The number of nitrogens with zero attached hydrogens (tertiary/aromatic N) is 1. The van der Waals surface area contributed by atoms with Crippen LogP contribution in [0.5, 0.6) is 0 Å². The van der Waals surface area contributed by atoms with Crippen LogP contribution in [0.4, 0.5) is 5.88 Å². The van der Waals surface area contributed by atoms with E-state index in [0.717, 1.165) is 5.56 Å². The van der Waals surface area contributed by atoms with Crippen molar-refractivity contribution in [3.05, 3.63) is 59.1 Å². The van der Waals surface area contributed by atoms with Gasteiger partial charge in [0.05, 0.1) is 4.90 Å². The number of nitrogens with one attached hydrogen (secondary N) is 1. The highest BCUT2D eigenvalue weighted by Crippen LogP contribution is 2.33. The van der Waals surface area contributed by atoms with Crippen molar-refractivity contribution >= 4 is 27.3 Å². The van der Waals surface area contributed by atoms with E-state index in [1.165, 1.54) is 24.3 Å². The standard InChI is InChI=1S/C20H21ClN2O3S/c1-13(2)12-22-19-20(27(24,25)17-10-8-16(21)9-11-17)23-18(26-19)15-6-4-14(3)5-7-15/h4-11,13,22H,12H2,1-3H3. The van der Waals surface area contributed by atoms with Crippen LogP contribution in [0, 0.1) is 12.8 Å². The lowest BCUT2D eigenvalue weighted by Gasteiger charge is -2.08. The Bertz CT molecular complexity index is 1020. The zero-order valence-corrected chi connectivity index (χ0v) is 16.9. The second-order valence-corrected chi connectivity index (χ2v) is 9.05. The molecule has 0 unspecified atom stereocenters. The summed E-state index contributed by atoms with van der Waals surface area (Å²) >= 11 is 5.88. The van der Waals surface area contributed by atoms with Crippen LogP contribution in [-0.4, -0.2) is 19.9 Å². The van der Waals surface area contributed by atoms with Crippen LogP contribution in [-0.2, 0) is 9.84 Å². The van der Waals surface area contributed by atoms with Crippen molar-refractivity contribution in [2.24, 2.45) is 5.92 Å². The van der Waals surface area contributed by atoms with Crippen molar-refractivity contribution in [2.75, 3.05) is 11.9 Å². The van der Waals surface area contributed by atoms with Crippen molar-refractivity contribution in [3.63, 3.8) is 0 Å². The molecule has 3 aromatic rings. The highest BCUT2D eigenvalue weighted by atomic mass is 35.5. The summed E-state index contributed by atoms with van der Waals surface area (Å²) in [7, 11) is -3.86. The molecule has 7 heteroatoms. The molecule has 1 aromatic heterocycles. The first kappa shape index (κ1) is 19.5. The number of rotatable bonds is 6. The minimum atomic E-state index is -3.86. The van der Waals surface area contributed by atoms with Crippen LogP contribution in [0.15, 0.2) is 62.9 Å². The maximum absolute atomic E-state index is 13.1. The van der Waals surface area contributed by atoms with E-state index >= 15 is 0 Å². The van der Waals surface area contributed by atoms with Gasteiger partial charge in [0.1, 0.15) is 0 Å². The van der Waals surface area contributed by atoms with Crippen molar-refractivity contribution in [1.29, 1.82) is 0 Å². The Morgan fingerprint density at radius 2 is 1.70 bits per heavy atom. The van der Waals surface area contributed by atoms with Gasteiger partial charge < -0.3 is 9.73 Å². The van der Waals surface area contributed by atoms with E-state index in [-0.39, 0.29) is 21.7 Å². The largest absolute Gasteiger partial charge is 0.419 e. The molecule has 3 rings (SSSR count). The summed E-state index contributed by atoms with van der Waals surface area (Å²) in [6, 6.07) is 13.6. The summed E-state index contributed by atoms with van der Waals surface area (Å²) in [6.07, 6.45) is 0. The molecule has 0 aliphatic heterocycles. The summed E-state index contributed by atoms with van der Waals surface area (Å²) < 4.78 is 32.0. The average Bonchev–Trinajstić information content (AvgIpc) is 3.06. The first-order valence-corrected chi connectivity index (χ1v) is 10.5. The van der Waals surface area contributed by atoms with E-state index in [4.69, 9.17) is 16.0 Å². The van der Waals surface area contributed by atoms with Gasteiger partial charge in [-0.25, -0.2) is 8.42 Å². The number of anilines is 1. The van der Waals surface area contributed by atoms with Gasteiger partial charge in [-0.15, -0.1) is 0 Å². The normalized spacial score (nSPS) is 11.7. The minimum absolute atomic E-state index is 0.114. The van der Waals surface area contributed by atoms with Gasteiger partial charge in [0.15, 0.2) is 0 Å². The van der Waals surface area contributed by atoms with Gasteiger partial charge in [0.25, 0.3) is 0 Å². The second kappa shape index (κ2) is 7.74. The summed E-state index contributed by atoms with van der Waals surface area (Å²) in [4.78, 5) is 4.42. The monoisotopic (exact) mass is 404 g/mol. The molecule has 0 atom stereocenters. The van der Waals surface area contributed by atoms with Gasteiger partial charge in [0, 0.05) is 17.1 Å². The Balaban J connectivity index is 2.08. The van der Waals surface area contributed by atoms with Crippen LogP contribution in [0.2, 0.25) is 5.02 Å². The zero-order valence-electron chi connectivity index (χ0n) is 15.4. The lowest BCUT2D eigenvalue weighted by atomic mass is 10.1. The molecule has 0 saturated heterocycles. The molecule has 27 heavy (non-hydrogen) atoms. The third-order valence-corrected chi connectivity index (χ3v) is 5.87. The molecule has 0 aliphatic carbocycles. The fraction of sp³-hybridized carbons (Fsp3) is 0.250. The first-order valence-electron chi connectivity index (χ1n) is 8.60. The van der Waals surface area contributed by atoms with Crippen LogP contribution < -0.4 is 5.32 Å². The molecule has 0 saturated carbocycles. The number of halogens is 1. The average molecular weight is 405 g/mol. The van der Waals surface area contributed by atoms with Gasteiger partial charge in [-0.05, 0) is 49.2 Å². The smallest absolute Gasteiger partial charge is 0.233 e. The number of benzene rings is 2. The van der Waals surface area contributed by atoms with Crippen LogP contribution >= 0.6 is 11.6 Å². The van der Waals surface area contributed by atoms with Gasteiger partial charge in [-0.3, -0.25) is 0 Å². The summed E-state index contributed by atoms with van der Waals surface area (Å²) in [5.41, 5.74) is 1.81. The van der Waals surface area contributed by atoms with Crippen molar-refractivity contribution in [3.8, 4) is 11.5 Å². The molecule has 1 N–H and O–H groups in total. The second-order valence-electron chi connectivity index (χ2n) is 6.75. The Labute approximate surface area is 164 Å². The number of oxazole rings is 1. The summed E-state index contributed by atoms with van der Waals surface area (Å²) in [5.74, 6) is 0.715. The maximum atomic E-state index is 13.1. The topological polar surface area (TPSA) is 72.2 Å². The predicted molar refractivity (Wildman–Crippen MR) is 107 cm³/mol. The SMILES string of the molecule is Cc1ccc(-c2nc(S(=O)(=O)c3ccc(Cl)cc3)c(NCC(C)C)o2)cc1. The van der Waals surface area contributed by atoms with Gasteiger partial charge in [-0.2, -0.15) is 4.98 Å². The van der Waals surface area contributed by atoms with E-state index in [1.54, 1.807) is 0 Å². The summed E-state index contributed by atoms with van der Waals surface area (Å²) in [6.45, 7) is 6.59. The molecule has 1 heterocycles. The van der Waals surface area contributed by atoms with Gasteiger partial charge >= 0.3 is 0 Å². The Kier molecular flexibility index (Phi) is 5.58. The van der Waals surface area contributed by atoms with Crippen molar-refractivity contribution in [2.45, 2.75) is 30.7 Å². The van der Waals surface area contributed by atoms with E-state index in [9.17, 15) is 8.42 Å². The molecule has 0 bridgehead atoms. The molecule has 0 fully saturated rings. The van der Waals surface area contributed by atoms with Crippen LogP contribution in [0.25, 0.3) is 11.5 Å². The number of aryl methyl sites for hydroxylation is 1. The third-order valence-electron chi connectivity index (χ3n) is 3.94. The Hall–Kier alpha value is -2.31. The molecule has 0 aliphatic rings. The minimum Gasteiger partial charge on any atom is -0.419 e. The van der Waals surface area contributed by atoms with Gasteiger partial charge in [-0.1, -0.05) is 43.1 Å². The quantitative estimate of drug-likeness (QED) is 0.611. The molecule has 142 valence electrons. The Morgan fingerprint density at radius 3 is 2.30 bits per heavy atom. The van der Waals surface area contributed by atoms with E-state index in [2.05, 4.69) is 10.3 Å². The molecule has 2 aromatic carbocycles. The van der Waals surface area contributed by atoms with Crippen LogP contribution in [0.3, 0.4) is 0 Å². The molecule has 0 spiro atoms.